The van der Waals surface area contributed by atoms with E-state index in [1.54, 1.807) is 0 Å². The Morgan fingerprint density at radius 2 is 1.88 bits per heavy atom. The highest BCUT2D eigenvalue weighted by atomic mass is 32.1. The van der Waals surface area contributed by atoms with E-state index in [4.69, 9.17) is 14.9 Å². The van der Waals surface area contributed by atoms with E-state index >= 15 is 0 Å². The average Bonchev–Trinajstić information content (AvgIpc) is 2.21. The second kappa shape index (κ2) is 6.67. The van der Waals surface area contributed by atoms with Crippen molar-refractivity contribution in [2.75, 3.05) is 13.2 Å². The van der Waals surface area contributed by atoms with Crippen LogP contribution in [0.25, 0.3) is 0 Å². The number of thiol groups is 1. The second-order valence-corrected chi connectivity index (χ2v) is 4.82. The van der Waals surface area contributed by atoms with Gasteiger partial charge in [-0.1, -0.05) is 0 Å². The quantitative estimate of drug-likeness (QED) is 0.224. The fourth-order valence-corrected chi connectivity index (χ4v) is 1.20. The van der Waals surface area contributed by atoms with Crippen LogP contribution in [0.15, 0.2) is 0 Å². The summed E-state index contributed by atoms with van der Waals surface area (Å²) in [5, 5.41) is 26.0. The molecule has 3 atom stereocenters. The minimum atomic E-state index is -4.80. The van der Waals surface area contributed by atoms with Crippen molar-refractivity contribution < 1.29 is 39.0 Å². The Balaban J connectivity index is 4.23. The molecule has 0 bridgehead atoms. The molecule has 0 aliphatic heterocycles. The lowest BCUT2D eigenvalue weighted by Crippen LogP contribution is -2.42. The van der Waals surface area contributed by atoms with Gasteiger partial charge in [-0.05, 0) is 0 Å². The first-order chi connectivity index (χ1) is 7.19. The molecule has 0 aliphatic carbocycles. The summed E-state index contributed by atoms with van der Waals surface area (Å²) in [6, 6.07) is 0. The number of carbonyl (C=O) groups is 1. The van der Waals surface area contributed by atoms with Crippen molar-refractivity contribution in [3.8, 4) is 0 Å². The number of phosphoric ester groups is 1. The Kier molecular flexibility index (Phi) is 6.68. The molecule has 0 fully saturated rings. The maximum absolute atomic E-state index is 11.1. The molecule has 10 heteroatoms. The van der Waals surface area contributed by atoms with Gasteiger partial charge in [0.15, 0.2) is 5.78 Å². The molecule has 0 spiro atoms. The predicted octanol–water partition coefficient (Wildman–Crippen LogP) is -2.32. The first-order valence-corrected chi connectivity index (χ1v) is 6.11. The number of Topliss-reactive ketones (excluding diaryl/α,β-unsaturated/α-hetero) is 1. The van der Waals surface area contributed by atoms with Crippen LogP contribution < -0.4 is 0 Å². The van der Waals surface area contributed by atoms with Gasteiger partial charge in [0.2, 0.25) is 0 Å². The van der Waals surface area contributed by atoms with Crippen LogP contribution in [0.1, 0.15) is 0 Å². The van der Waals surface area contributed by atoms with Crippen molar-refractivity contribution in [2.24, 2.45) is 0 Å². The fourth-order valence-electron chi connectivity index (χ4n) is 0.742. The van der Waals surface area contributed by atoms with Crippen molar-refractivity contribution in [1.29, 1.82) is 0 Å². The first kappa shape index (κ1) is 16.0. The van der Waals surface area contributed by atoms with Crippen molar-refractivity contribution in [1.82, 2.24) is 0 Å². The number of hydrogen-bond acceptors (Lipinski definition) is 7. The van der Waals surface area contributed by atoms with E-state index in [0.29, 0.717) is 0 Å². The fraction of sp³-hybridized carbons (Fsp3) is 0.833. The largest absolute Gasteiger partial charge is 0.470 e. The highest BCUT2D eigenvalue weighted by molar-refractivity contribution is 7.81. The summed E-state index contributed by atoms with van der Waals surface area (Å²) in [7, 11) is -4.80. The van der Waals surface area contributed by atoms with E-state index in [9.17, 15) is 19.6 Å². The van der Waals surface area contributed by atoms with Crippen LogP contribution in [0.2, 0.25) is 0 Å². The molecule has 0 aromatic carbocycles. The molecule has 0 radical (unpaired) electrons. The Morgan fingerprint density at radius 3 is 2.25 bits per heavy atom. The summed E-state index contributed by atoms with van der Waals surface area (Å²) in [4.78, 5) is 27.6. The second-order valence-electron chi connectivity index (χ2n) is 2.92. The zero-order chi connectivity index (χ0) is 12.9. The lowest BCUT2D eigenvalue weighted by atomic mass is 10.1. The smallest absolute Gasteiger partial charge is 0.395 e. The summed E-state index contributed by atoms with van der Waals surface area (Å²) in [6.45, 7) is -1.62. The number of aliphatic hydroxyl groups excluding tert-OH is 3. The van der Waals surface area contributed by atoms with Crippen LogP contribution in [0.3, 0.4) is 0 Å². The lowest BCUT2D eigenvalue weighted by Gasteiger charge is -2.20. The Labute approximate surface area is 96.5 Å². The maximum Gasteiger partial charge on any atom is 0.470 e. The third kappa shape index (κ3) is 5.92. The topological polar surface area (TPSA) is 145 Å². The number of hydrogen-bond donors (Lipinski definition) is 6. The van der Waals surface area contributed by atoms with E-state index < -0.39 is 44.3 Å². The van der Waals surface area contributed by atoms with Crippen molar-refractivity contribution >= 4 is 26.2 Å². The Morgan fingerprint density at radius 1 is 1.38 bits per heavy atom. The zero-order valence-corrected chi connectivity index (χ0v) is 9.79. The molecule has 0 aliphatic rings. The Hall–Kier alpha value is 0.01000. The van der Waals surface area contributed by atoms with E-state index in [0.717, 1.165) is 0 Å². The minimum absolute atomic E-state index is 0.575. The Bertz CT molecular complexity index is 278. The van der Waals surface area contributed by atoms with Gasteiger partial charge in [0.05, 0.1) is 11.9 Å². The maximum atomic E-state index is 11.1. The summed E-state index contributed by atoms with van der Waals surface area (Å²) in [5.41, 5.74) is 0. The highest BCUT2D eigenvalue weighted by Crippen LogP contribution is 2.35. The van der Waals surface area contributed by atoms with Gasteiger partial charge >= 0.3 is 7.82 Å². The van der Waals surface area contributed by atoms with Gasteiger partial charge in [0, 0.05) is 0 Å². The lowest BCUT2D eigenvalue weighted by molar-refractivity contribution is -0.135. The van der Waals surface area contributed by atoms with E-state index in [1.807, 2.05) is 0 Å². The van der Waals surface area contributed by atoms with Gasteiger partial charge in [-0.2, -0.15) is 12.6 Å². The van der Waals surface area contributed by atoms with Crippen LogP contribution in [0.5, 0.6) is 0 Å². The molecule has 8 nitrogen and oxygen atoms in total. The van der Waals surface area contributed by atoms with E-state index in [2.05, 4.69) is 17.2 Å². The van der Waals surface area contributed by atoms with Gasteiger partial charge in [-0.3, -0.25) is 9.32 Å². The molecular weight excluding hydrogens is 263 g/mol. The molecule has 0 rings (SSSR count). The molecule has 0 amide bonds. The van der Waals surface area contributed by atoms with E-state index in [1.165, 1.54) is 0 Å². The van der Waals surface area contributed by atoms with Gasteiger partial charge < -0.3 is 25.1 Å². The summed E-state index contributed by atoms with van der Waals surface area (Å²) < 4.78 is 14.1. The van der Waals surface area contributed by atoms with E-state index in [-0.39, 0.29) is 0 Å². The number of rotatable bonds is 7. The third-order valence-electron chi connectivity index (χ3n) is 1.61. The van der Waals surface area contributed by atoms with Gasteiger partial charge in [0.25, 0.3) is 0 Å². The molecule has 96 valence electrons. The van der Waals surface area contributed by atoms with Gasteiger partial charge in [-0.25, -0.2) is 4.57 Å². The molecule has 0 saturated heterocycles. The molecule has 0 aromatic rings. The monoisotopic (exact) mass is 276 g/mol. The number of aliphatic hydroxyl groups is 3. The van der Waals surface area contributed by atoms with Crippen LogP contribution in [-0.2, 0) is 13.9 Å². The van der Waals surface area contributed by atoms with Gasteiger partial charge in [-0.15, -0.1) is 0 Å². The molecule has 0 heterocycles. The van der Waals surface area contributed by atoms with Crippen LogP contribution in [-0.4, -0.2) is 61.6 Å². The average molecular weight is 276 g/mol. The summed E-state index contributed by atoms with van der Waals surface area (Å²) >= 11 is 3.68. The SMILES string of the molecule is O=C(COP(=O)(O)O)[C@@H](O)[C@H](O)[C@@H](S)CO. The van der Waals surface area contributed by atoms with Crippen molar-refractivity contribution in [3.63, 3.8) is 0 Å². The number of phosphoric acid groups is 1. The number of carbonyl (C=O) groups excluding carboxylic acids is 1. The van der Waals surface area contributed by atoms with Gasteiger partial charge in [0.1, 0.15) is 18.8 Å². The number of ketones is 1. The van der Waals surface area contributed by atoms with Crippen molar-refractivity contribution in [3.05, 3.63) is 0 Å². The minimum Gasteiger partial charge on any atom is -0.395 e. The zero-order valence-electron chi connectivity index (χ0n) is 8.00. The van der Waals surface area contributed by atoms with Crippen LogP contribution in [0.4, 0.5) is 0 Å². The first-order valence-electron chi connectivity index (χ1n) is 4.07. The molecular formula is C6H13O8PS. The molecule has 0 aromatic heterocycles. The summed E-state index contributed by atoms with van der Waals surface area (Å²) in [6.07, 6.45) is -3.58. The third-order valence-corrected chi connectivity index (χ3v) is 2.54. The summed E-state index contributed by atoms with van der Waals surface area (Å²) in [5.74, 6) is -1.12. The standard InChI is InChI=1S/C6H13O8PS/c7-1-4(16)6(10)5(9)3(8)2-14-15(11,12)13/h4-7,9-10,16H,1-2H2,(H2,11,12,13)/t4-,5+,6+/m0/s1. The molecule has 5 N–H and O–H groups in total. The van der Waals surface area contributed by atoms with Crippen molar-refractivity contribution in [2.45, 2.75) is 17.5 Å². The molecule has 16 heavy (non-hydrogen) atoms. The van der Waals surface area contributed by atoms with Crippen LogP contribution >= 0.6 is 20.5 Å². The highest BCUT2D eigenvalue weighted by Gasteiger charge is 2.30. The predicted molar refractivity (Wildman–Crippen MR) is 54.9 cm³/mol. The van der Waals surface area contributed by atoms with Crippen LogP contribution in [0, 0.1) is 0 Å². The normalized spacial score (nSPS) is 17.9. The molecule has 0 saturated carbocycles. The molecule has 0 unspecified atom stereocenters.